The Kier molecular flexibility index (Phi) is 4.34. The van der Waals surface area contributed by atoms with Gasteiger partial charge < -0.3 is 9.32 Å². The third kappa shape index (κ3) is 3.32. The molecule has 0 N–H and O–H groups in total. The van der Waals surface area contributed by atoms with E-state index in [-0.39, 0.29) is 5.91 Å². The Morgan fingerprint density at radius 3 is 2.76 bits per heavy atom. The summed E-state index contributed by atoms with van der Waals surface area (Å²) in [7, 11) is 0. The number of aromatic nitrogens is 1. The Bertz CT molecular complexity index is 560. The lowest BCUT2D eigenvalue weighted by molar-refractivity contribution is 0.0581. The average Bonchev–Trinajstić information content (AvgIpc) is 3.08. The van der Waals surface area contributed by atoms with Gasteiger partial charge in [0.2, 0.25) is 0 Å². The second-order valence-electron chi connectivity index (χ2n) is 5.56. The Labute approximate surface area is 124 Å². The lowest BCUT2D eigenvalue weighted by atomic mass is 9.93. The van der Waals surface area contributed by atoms with Crippen molar-refractivity contribution < 1.29 is 9.21 Å². The molecule has 2 heterocycles. The van der Waals surface area contributed by atoms with Gasteiger partial charge in [-0.2, -0.15) is 0 Å². The van der Waals surface area contributed by atoms with E-state index in [0.29, 0.717) is 18.3 Å². The van der Waals surface area contributed by atoms with E-state index >= 15 is 0 Å². The van der Waals surface area contributed by atoms with Gasteiger partial charge in [-0.15, -0.1) is 0 Å². The molecule has 0 atom stereocenters. The second-order valence-corrected chi connectivity index (χ2v) is 5.56. The molecule has 1 saturated carbocycles. The molecule has 3 rings (SSSR count). The SMILES string of the molecule is O=C(c1ccco1)N(Cc1cccnc1)C1CCCCC1. The van der Waals surface area contributed by atoms with Gasteiger partial charge in [0.25, 0.3) is 5.91 Å². The molecule has 110 valence electrons. The van der Waals surface area contributed by atoms with Gasteiger partial charge in [0.15, 0.2) is 5.76 Å². The van der Waals surface area contributed by atoms with Gasteiger partial charge in [0.1, 0.15) is 0 Å². The quantitative estimate of drug-likeness (QED) is 0.861. The van der Waals surface area contributed by atoms with Crippen LogP contribution in [0.3, 0.4) is 0 Å². The highest BCUT2D eigenvalue weighted by molar-refractivity contribution is 5.91. The van der Waals surface area contributed by atoms with Gasteiger partial charge in [0.05, 0.1) is 6.26 Å². The third-order valence-corrected chi connectivity index (χ3v) is 4.08. The first-order chi connectivity index (χ1) is 10.3. The molecule has 1 aliphatic carbocycles. The zero-order chi connectivity index (χ0) is 14.5. The monoisotopic (exact) mass is 284 g/mol. The van der Waals surface area contributed by atoms with Crippen LogP contribution in [0.25, 0.3) is 0 Å². The highest BCUT2D eigenvalue weighted by atomic mass is 16.3. The molecule has 2 aromatic rings. The number of amides is 1. The minimum absolute atomic E-state index is 0.0178. The topological polar surface area (TPSA) is 46.3 Å². The molecule has 0 bridgehead atoms. The van der Waals surface area contributed by atoms with E-state index in [1.807, 2.05) is 23.2 Å². The van der Waals surface area contributed by atoms with Crippen LogP contribution in [0.2, 0.25) is 0 Å². The molecular weight excluding hydrogens is 264 g/mol. The van der Waals surface area contributed by atoms with Crippen molar-refractivity contribution in [1.29, 1.82) is 0 Å². The maximum Gasteiger partial charge on any atom is 0.290 e. The molecule has 21 heavy (non-hydrogen) atoms. The number of carbonyl (C=O) groups excluding carboxylic acids is 1. The fraction of sp³-hybridized carbons (Fsp3) is 0.412. The minimum atomic E-state index is -0.0178. The van der Waals surface area contributed by atoms with E-state index in [0.717, 1.165) is 18.4 Å². The summed E-state index contributed by atoms with van der Waals surface area (Å²) < 4.78 is 5.30. The van der Waals surface area contributed by atoms with Crippen LogP contribution in [0, 0.1) is 0 Å². The standard InChI is InChI=1S/C17H20N2O2/c20-17(16-9-5-11-21-16)19(15-7-2-1-3-8-15)13-14-6-4-10-18-12-14/h4-6,9-12,15H,1-3,7-8,13H2. The number of rotatable bonds is 4. The predicted molar refractivity (Wildman–Crippen MR) is 79.7 cm³/mol. The van der Waals surface area contributed by atoms with Crippen molar-refractivity contribution in [2.24, 2.45) is 0 Å². The van der Waals surface area contributed by atoms with Gasteiger partial charge >= 0.3 is 0 Å². The summed E-state index contributed by atoms with van der Waals surface area (Å²) in [5.41, 5.74) is 1.06. The molecule has 0 aliphatic heterocycles. The Hall–Kier alpha value is -2.10. The normalized spacial score (nSPS) is 15.8. The molecule has 0 saturated heterocycles. The maximum atomic E-state index is 12.7. The first-order valence-corrected chi connectivity index (χ1v) is 7.58. The van der Waals surface area contributed by atoms with Crippen LogP contribution in [-0.2, 0) is 6.54 Å². The fourth-order valence-corrected chi connectivity index (χ4v) is 2.99. The summed E-state index contributed by atoms with van der Waals surface area (Å²) in [5.74, 6) is 0.403. The maximum absolute atomic E-state index is 12.7. The van der Waals surface area contributed by atoms with E-state index in [2.05, 4.69) is 4.98 Å². The van der Waals surface area contributed by atoms with Crippen LogP contribution in [0.15, 0.2) is 47.3 Å². The van der Waals surface area contributed by atoms with Gasteiger partial charge in [0, 0.05) is 25.0 Å². The summed E-state index contributed by atoms with van der Waals surface area (Å²) in [6.45, 7) is 0.595. The highest BCUT2D eigenvalue weighted by Crippen LogP contribution is 2.25. The van der Waals surface area contributed by atoms with Crippen molar-refractivity contribution in [3.05, 3.63) is 54.2 Å². The van der Waals surface area contributed by atoms with Crippen molar-refractivity contribution in [3.8, 4) is 0 Å². The van der Waals surface area contributed by atoms with Gasteiger partial charge in [-0.25, -0.2) is 0 Å². The van der Waals surface area contributed by atoms with Crippen molar-refractivity contribution in [2.75, 3.05) is 0 Å². The average molecular weight is 284 g/mol. The highest BCUT2D eigenvalue weighted by Gasteiger charge is 2.27. The number of furan rings is 1. The molecule has 0 aromatic carbocycles. The Morgan fingerprint density at radius 2 is 2.10 bits per heavy atom. The van der Waals surface area contributed by atoms with Crippen LogP contribution in [0.1, 0.15) is 48.2 Å². The summed E-state index contributed by atoms with van der Waals surface area (Å²) in [5, 5.41) is 0. The first kappa shape index (κ1) is 13.9. The van der Waals surface area contributed by atoms with Crippen molar-refractivity contribution >= 4 is 5.91 Å². The molecule has 4 nitrogen and oxygen atoms in total. The Balaban J connectivity index is 1.81. The Morgan fingerprint density at radius 1 is 1.24 bits per heavy atom. The summed E-state index contributed by atoms with van der Waals surface area (Å²) in [6, 6.07) is 7.72. The number of hydrogen-bond acceptors (Lipinski definition) is 3. The molecule has 0 spiro atoms. The summed E-state index contributed by atoms with van der Waals surface area (Å²) in [4.78, 5) is 18.8. The molecule has 1 amide bonds. The van der Waals surface area contributed by atoms with Gasteiger partial charge in [-0.05, 0) is 36.6 Å². The lowest BCUT2D eigenvalue weighted by Gasteiger charge is -2.34. The van der Waals surface area contributed by atoms with Crippen molar-refractivity contribution in [3.63, 3.8) is 0 Å². The minimum Gasteiger partial charge on any atom is -0.459 e. The van der Waals surface area contributed by atoms with Crippen molar-refractivity contribution in [1.82, 2.24) is 9.88 Å². The number of hydrogen-bond donors (Lipinski definition) is 0. The van der Waals surface area contributed by atoms with E-state index in [9.17, 15) is 4.79 Å². The molecule has 0 radical (unpaired) electrons. The van der Waals surface area contributed by atoms with Crippen LogP contribution >= 0.6 is 0 Å². The van der Waals surface area contributed by atoms with Crippen LogP contribution < -0.4 is 0 Å². The van der Waals surface area contributed by atoms with Gasteiger partial charge in [-0.3, -0.25) is 9.78 Å². The molecule has 2 aromatic heterocycles. The molecule has 1 fully saturated rings. The molecule has 0 unspecified atom stereocenters. The second kappa shape index (κ2) is 6.57. The number of pyridine rings is 1. The van der Waals surface area contributed by atoms with E-state index in [4.69, 9.17) is 4.42 Å². The first-order valence-electron chi connectivity index (χ1n) is 7.58. The van der Waals surface area contributed by atoms with Crippen LogP contribution in [0.5, 0.6) is 0 Å². The van der Waals surface area contributed by atoms with Crippen LogP contribution in [-0.4, -0.2) is 21.8 Å². The van der Waals surface area contributed by atoms with E-state index in [1.54, 1.807) is 24.6 Å². The summed E-state index contributed by atoms with van der Waals surface area (Å²) in [6.07, 6.45) is 10.9. The third-order valence-electron chi connectivity index (χ3n) is 4.08. The molecule has 1 aliphatic rings. The predicted octanol–water partition coefficient (Wildman–Crippen LogP) is 3.65. The number of carbonyl (C=O) groups is 1. The zero-order valence-corrected chi connectivity index (χ0v) is 12.1. The largest absolute Gasteiger partial charge is 0.459 e. The van der Waals surface area contributed by atoms with Gasteiger partial charge in [-0.1, -0.05) is 25.3 Å². The number of nitrogens with zero attached hydrogens (tertiary/aromatic N) is 2. The molecule has 4 heteroatoms. The fourth-order valence-electron chi connectivity index (χ4n) is 2.99. The van der Waals surface area contributed by atoms with E-state index < -0.39 is 0 Å². The van der Waals surface area contributed by atoms with E-state index in [1.165, 1.54) is 19.3 Å². The smallest absolute Gasteiger partial charge is 0.290 e. The summed E-state index contributed by atoms with van der Waals surface area (Å²) >= 11 is 0. The van der Waals surface area contributed by atoms with Crippen LogP contribution in [0.4, 0.5) is 0 Å². The van der Waals surface area contributed by atoms with Crippen molar-refractivity contribution in [2.45, 2.75) is 44.7 Å². The molecular formula is C17H20N2O2. The zero-order valence-electron chi connectivity index (χ0n) is 12.1. The lowest BCUT2D eigenvalue weighted by Crippen LogP contribution is -2.40.